The number of aromatic nitrogens is 4. The van der Waals surface area contributed by atoms with Crippen molar-refractivity contribution in [3.8, 4) is 6.07 Å². The van der Waals surface area contributed by atoms with Gasteiger partial charge >= 0.3 is 0 Å². The van der Waals surface area contributed by atoms with E-state index in [0.29, 0.717) is 17.7 Å². The first-order chi connectivity index (χ1) is 13.2. The Balaban J connectivity index is 1.72. The number of benzene rings is 1. The maximum absolute atomic E-state index is 13.1. The smallest absolute Gasteiger partial charge is 0.240 e. The Kier molecular flexibility index (Phi) is 6.82. The highest BCUT2D eigenvalue weighted by Gasteiger charge is 2.27. The molecule has 1 heterocycles. The number of rotatable bonds is 7. The van der Waals surface area contributed by atoms with Crippen LogP contribution in [0.3, 0.4) is 0 Å². The monoisotopic (exact) mass is 384 g/mol. The number of thioether (sulfide) groups is 1. The van der Waals surface area contributed by atoms with Gasteiger partial charge in [-0.25, -0.2) is 4.68 Å². The van der Waals surface area contributed by atoms with E-state index in [1.54, 1.807) is 4.90 Å². The second kappa shape index (κ2) is 9.51. The van der Waals surface area contributed by atoms with Gasteiger partial charge in [0.1, 0.15) is 0 Å². The van der Waals surface area contributed by atoms with E-state index in [2.05, 4.69) is 21.6 Å². The number of amides is 1. The summed E-state index contributed by atoms with van der Waals surface area (Å²) in [6.07, 6.45) is 6.11. The number of tetrazole rings is 1. The van der Waals surface area contributed by atoms with Gasteiger partial charge in [-0.05, 0) is 42.3 Å². The standard InChI is InChI=1S/C19H24N6OS/c1-15(18(26)24(14-8-13-20)16-9-4-2-5-10-16)27-19-21-22-23-25(19)17-11-6-3-7-12-17/h2,4-5,9-10,15,17H,3,6-8,11-12,14H2,1H3. The number of nitriles is 1. The molecule has 27 heavy (non-hydrogen) atoms. The number of carbonyl (C=O) groups is 1. The van der Waals surface area contributed by atoms with Gasteiger partial charge in [0.25, 0.3) is 0 Å². The molecule has 1 atom stereocenters. The lowest BCUT2D eigenvalue weighted by Gasteiger charge is -2.25. The molecular formula is C19H24N6OS. The topological polar surface area (TPSA) is 87.7 Å². The summed E-state index contributed by atoms with van der Waals surface area (Å²) in [7, 11) is 0. The highest BCUT2D eigenvalue weighted by Crippen LogP contribution is 2.32. The fraction of sp³-hybridized carbons (Fsp3) is 0.526. The third-order valence-corrected chi connectivity index (χ3v) is 5.83. The first kappa shape index (κ1) is 19.4. The number of hydrogen-bond acceptors (Lipinski definition) is 6. The lowest BCUT2D eigenvalue weighted by atomic mass is 9.96. The molecule has 7 nitrogen and oxygen atoms in total. The van der Waals surface area contributed by atoms with Crippen molar-refractivity contribution in [2.24, 2.45) is 0 Å². The van der Waals surface area contributed by atoms with Gasteiger partial charge in [0.2, 0.25) is 11.1 Å². The lowest BCUT2D eigenvalue weighted by molar-refractivity contribution is -0.117. The van der Waals surface area contributed by atoms with Crippen molar-refractivity contribution >= 4 is 23.4 Å². The molecule has 1 saturated carbocycles. The van der Waals surface area contributed by atoms with E-state index in [0.717, 1.165) is 18.5 Å². The minimum Gasteiger partial charge on any atom is -0.310 e. The van der Waals surface area contributed by atoms with Crippen molar-refractivity contribution in [1.29, 1.82) is 5.26 Å². The fourth-order valence-electron chi connectivity index (χ4n) is 3.38. The molecule has 0 saturated heterocycles. The molecule has 1 aromatic heterocycles. The molecule has 1 aliphatic rings. The summed E-state index contributed by atoms with van der Waals surface area (Å²) in [5.41, 5.74) is 0.803. The zero-order valence-corrected chi connectivity index (χ0v) is 16.3. The average Bonchev–Trinajstić information content (AvgIpc) is 3.17. The van der Waals surface area contributed by atoms with Gasteiger partial charge in [-0.15, -0.1) is 5.10 Å². The maximum Gasteiger partial charge on any atom is 0.240 e. The summed E-state index contributed by atoms with van der Waals surface area (Å²) < 4.78 is 1.88. The van der Waals surface area contributed by atoms with Crippen LogP contribution in [-0.4, -0.2) is 37.9 Å². The summed E-state index contributed by atoms with van der Waals surface area (Å²) in [5.74, 6) is -0.0420. The molecule has 1 amide bonds. The number of nitrogens with zero attached hydrogens (tertiary/aromatic N) is 6. The van der Waals surface area contributed by atoms with Gasteiger partial charge in [0.15, 0.2) is 0 Å². The minimum absolute atomic E-state index is 0.0420. The second-order valence-electron chi connectivity index (χ2n) is 6.69. The summed E-state index contributed by atoms with van der Waals surface area (Å²) in [5, 5.41) is 21.4. The van der Waals surface area contributed by atoms with Gasteiger partial charge in [-0.3, -0.25) is 4.79 Å². The second-order valence-corrected chi connectivity index (χ2v) is 8.00. The molecule has 2 aromatic rings. The van der Waals surface area contributed by atoms with Crippen LogP contribution >= 0.6 is 11.8 Å². The molecule has 1 fully saturated rings. The van der Waals surface area contributed by atoms with E-state index in [9.17, 15) is 4.79 Å². The zero-order chi connectivity index (χ0) is 19.1. The van der Waals surface area contributed by atoms with E-state index in [-0.39, 0.29) is 17.6 Å². The Morgan fingerprint density at radius 1 is 1.33 bits per heavy atom. The molecular weight excluding hydrogens is 360 g/mol. The molecule has 142 valence electrons. The first-order valence-corrected chi connectivity index (χ1v) is 10.3. The molecule has 0 radical (unpaired) electrons. The molecule has 1 aromatic carbocycles. The highest BCUT2D eigenvalue weighted by atomic mass is 32.2. The van der Waals surface area contributed by atoms with Crippen LogP contribution in [-0.2, 0) is 4.79 Å². The normalized spacial score (nSPS) is 15.9. The maximum atomic E-state index is 13.1. The Hall–Kier alpha value is -2.40. The van der Waals surface area contributed by atoms with Crippen LogP contribution in [0.15, 0.2) is 35.5 Å². The average molecular weight is 385 g/mol. The third-order valence-electron chi connectivity index (χ3n) is 4.79. The summed E-state index contributed by atoms with van der Waals surface area (Å²) in [4.78, 5) is 14.8. The molecule has 3 rings (SSSR count). The molecule has 0 spiro atoms. The van der Waals surface area contributed by atoms with Crippen LogP contribution in [0, 0.1) is 11.3 Å². The van der Waals surface area contributed by atoms with Crippen molar-refractivity contribution in [2.45, 2.75) is 61.9 Å². The van der Waals surface area contributed by atoms with Crippen LogP contribution < -0.4 is 4.90 Å². The van der Waals surface area contributed by atoms with E-state index >= 15 is 0 Å². The molecule has 0 bridgehead atoms. The number of para-hydroxylation sites is 1. The minimum atomic E-state index is -0.350. The van der Waals surface area contributed by atoms with E-state index in [1.807, 2.05) is 41.9 Å². The first-order valence-electron chi connectivity index (χ1n) is 9.38. The number of hydrogen-bond donors (Lipinski definition) is 0. The van der Waals surface area contributed by atoms with Crippen LogP contribution in [0.5, 0.6) is 0 Å². The Labute approximate surface area is 163 Å². The largest absolute Gasteiger partial charge is 0.310 e. The number of carbonyl (C=O) groups excluding carboxylic acids is 1. The van der Waals surface area contributed by atoms with Crippen molar-refractivity contribution in [3.63, 3.8) is 0 Å². The highest BCUT2D eigenvalue weighted by molar-refractivity contribution is 8.00. The molecule has 1 aliphatic carbocycles. The van der Waals surface area contributed by atoms with E-state index in [1.165, 1.54) is 31.0 Å². The summed E-state index contributed by atoms with van der Waals surface area (Å²) in [6, 6.07) is 11.9. The molecule has 1 unspecified atom stereocenters. The number of anilines is 1. The van der Waals surface area contributed by atoms with Crippen LogP contribution in [0.4, 0.5) is 5.69 Å². The van der Waals surface area contributed by atoms with Gasteiger partial charge in [-0.1, -0.05) is 49.2 Å². The molecule has 0 aliphatic heterocycles. The van der Waals surface area contributed by atoms with E-state index < -0.39 is 0 Å². The van der Waals surface area contributed by atoms with Crippen LogP contribution in [0.25, 0.3) is 0 Å². The predicted molar refractivity (Wildman–Crippen MR) is 104 cm³/mol. The van der Waals surface area contributed by atoms with Crippen molar-refractivity contribution in [1.82, 2.24) is 20.2 Å². The van der Waals surface area contributed by atoms with Gasteiger partial charge < -0.3 is 4.90 Å². The van der Waals surface area contributed by atoms with Gasteiger partial charge in [0, 0.05) is 12.2 Å². The Morgan fingerprint density at radius 3 is 2.78 bits per heavy atom. The van der Waals surface area contributed by atoms with Crippen LogP contribution in [0.2, 0.25) is 0 Å². The molecule has 0 N–H and O–H groups in total. The SMILES string of the molecule is CC(Sc1nnnn1C1CCCCC1)C(=O)N(CCC#N)c1ccccc1. The Bertz CT molecular complexity index is 781. The van der Waals surface area contributed by atoms with E-state index in [4.69, 9.17) is 5.26 Å². The predicted octanol–water partition coefficient (Wildman–Crippen LogP) is 3.61. The summed E-state index contributed by atoms with van der Waals surface area (Å²) in [6.45, 7) is 2.24. The van der Waals surface area contributed by atoms with Crippen molar-refractivity contribution < 1.29 is 4.79 Å². The quantitative estimate of drug-likeness (QED) is 0.678. The lowest BCUT2D eigenvalue weighted by Crippen LogP contribution is -2.37. The third kappa shape index (κ3) is 4.86. The van der Waals surface area contributed by atoms with Crippen molar-refractivity contribution in [2.75, 3.05) is 11.4 Å². The molecule has 8 heteroatoms. The van der Waals surface area contributed by atoms with Crippen LogP contribution in [0.1, 0.15) is 51.5 Å². The van der Waals surface area contributed by atoms with Gasteiger partial charge in [0.05, 0.1) is 23.8 Å². The Morgan fingerprint density at radius 2 is 2.07 bits per heavy atom. The fourth-order valence-corrected chi connectivity index (χ4v) is 4.30. The summed E-state index contributed by atoms with van der Waals surface area (Å²) >= 11 is 1.39. The van der Waals surface area contributed by atoms with Crippen molar-refractivity contribution in [3.05, 3.63) is 30.3 Å². The van der Waals surface area contributed by atoms with Gasteiger partial charge in [-0.2, -0.15) is 5.26 Å². The zero-order valence-electron chi connectivity index (χ0n) is 15.5.